The number of fused-ring (bicyclic) bond motifs is 1. The van der Waals surface area contributed by atoms with Crippen LogP contribution in [0, 0.1) is 0 Å². The number of rotatable bonds is 6. The number of aryl methyl sites for hydroxylation is 1. The van der Waals surface area contributed by atoms with Crippen molar-refractivity contribution in [2.24, 2.45) is 0 Å². The maximum atomic E-state index is 13.3. The van der Waals surface area contributed by atoms with Crippen molar-refractivity contribution in [3.05, 3.63) is 17.0 Å². The maximum absolute atomic E-state index is 13.3. The van der Waals surface area contributed by atoms with Crippen LogP contribution < -0.4 is 5.32 Å². The Labute approximate surface area is 197 Å². The molecule has 5 rings (SSSR count). The summed E-state index contributed by atoms with van der Waals surface area (Å²) >= 11 is 1.95. The molecule has 3 heterocycles. The molecule has 1 atom stereocenters. The minimum Gasteiger partial charge on any atom is -0.336 e. The van der Waals surface area contributed by atoms with E-state index in [-0.39, 0.29) is 5.91 Å². The number of nitrogens with one attached hydrogen (secondary N) is 1. The third kappa shape index (κ3) is 4.49. The van der Waals surface area contributed by atoms with E-state index in [2.05, 4.69) is 21.8 Å². The van der Waals surface area contributed by atoms with Crippen molar-refractivity contribution in [1.82, 2.24) is 24.9 Å². The molecule has 1 unspecified atom stereocenters. The molecular formula is C25H41N5OS. The van der Waals surface area contributed by atoms with Gasteiger partial charge < -0.3 is 10.2 Å². The average molecular weight is 460 g/mol. The normalized spacial score (nSPS) is 26.3. The quantitative estimate of drug-likeness (QED) is 0.707. The van der Waals surface area contributed by atoms with Gasteiger partial charge in [0.05, 0.1) is 0 Å². The van der Waals surface area contributed by atoms with E-state index in [1.807, 2.05) is 16.7 Å². The largest absolute Gasteiger partial charge is 0.336 e. The van der Waals surface area contributed by atoms with Crippen molar-refractivity contribution in [2.75, 3.05) is 44.2 Å². The molecule has 2 saturated heterocycles. The summed E-state index contributed by atoms with van der Waals surface area (Å²) in [5.41, 5.74) is 3.66. The van der Waals surface area contributed by atoms with Gasteiger partial charge in [-0.05, 0) is 65.0 Å². The zero-order valence-corrected chi connectivity index (χ0v) is 20.7. The number of piperidine rings is 1. The Morgan fingerprint density at radius 2 is 1.84 bits per heavy atom. The Bertz CT molecular complexity index is 790. The summed E-state index contributed by atoms with van der Waals surface area (Å²) < 4.78 is 2.10. The Morgan fingerprint density at radius 1 is 1.09 bits per heavy atom. The standard InChI is InChI=1S/C25H41N5OS/c1-2-30-22-9-8-20(18-21(22)23(27-30)24(31)28-14-16-32-17-15-28)26-19-25(10-4-5-11-25)29-12-6-3-7-13-29/h20,26H,2-19H2,1H3. The molecule has 1 aromatic heterocycles. The first kappa shape index (κ1) is 22.7. The van der Waals surface area contributed by atoms with Gasteiger partial charge in [-0.3, -0.25) is 14.4 Å². The van der Waals surface area contributed by atoms with Crippen LogP contribution in [-0.4, -0.2) is 81.3 Å². The third-order valence-electron chi connectivity index (χ3n) is 8.43. The van der Waals surface area contributed by atoms with Crippen LogP contribution in [0.4, 0.5) is 0 Å². The molecule has 1 saturated carbocycles. The monoisotopic (exact) mass is 459 g/mol. The number of nitrogens with zero attached hydrogens (tertiary/aromatic N) is 4. The zero-order valence-electron chi connectivity index (χ0n) is 19.9. The van der Waals surface area contributed by atoms with Crippen LogP contribution in [0.3, 0.4) is 0 Å². The van der Waals surface area contributed by atoms with Gasteiger partial charge in [0.25, 0.3) is 5.91 Å². The first-order chi connectivity index (χ1) is 15.7. The Balaban J connectivity index is 1.29. The van der Waals surface area contributed by atoms with Crippen LogP contribution in [0.2, 0.25) is 0 Å². The zero-order chi connectivity index (χ0) is 22.0. The van der Waals surface area contributed by atoms with E-state index >= 15 is 0 Å². The number of amides is 1. The third-order valence-corrected chi connectivity index (χ3v) is 9.37. The van der Waals surface area contributed by atoms with E-state index in [0.717, 1.165) is 62.6 Å². The van der Waals surface area contributed by atoms with Gasteiger partial charge in [-0.2, -0.15) is 16.9 Å². The smallest absolute Gasteiger partial charge is 0.274 e. The van der Waals surface area contributed by atoms with Crippen molar-refractivity contribution >= 4 is 17.7 Å². The van der Waals surface area contributed by atoms with E-state index in [9.17, 15) is 4.79 Å². The summed E-state index contributed by atoms with van der Waals surface area (Å²) in [6.45, 7) is 8.39. The number of hydrogen-bond acceptors (Lipinski definition) is 5. The molecule has 32 heavy (non-hydrogen) atoms. The summed E-state index contributed by atoms with van der Waals surface area (Å²) in [6.07, 6.45) is 12.7. The van der Waals surface area contributed by atoms with E-state index < -0.39 is 0 Å². The number of thioether (sulfide) groups is 1. The van der Waals surface area contributed by atoms with Gasteiger partial charge in [0, 0.05) is 60.5 Å². The second kappa shape index (κ2) is 10.1. The molecule has 1 amide bonds. The number of hydrogen-bond donors (Lipinski definition) is 1. The van der Waals surface area contributed by atoms with E-state index in [1.165, 1.54) is 69.3 Å². The minimum absolute atomic E-state index is 0.162. The number of aromatic nitrogens is 2. The van der Waals surface area contributed by atoms with Gasteiger partial charge in [-0.15, -0.1) is 0 Å². The second-order valence-electron chi connectivity index (χ2n) is 10.3. The molecule has 0 aromatic carbocycles. The molecule has 1 aromatic rings. The molecule has 178 valence electrons. The van der Waals surface area contributed by atoms with E-state index in [4.69, 9.17) is 5.10 Å². The Kier molecular flexibility index (Phi) is 7.15. The van der Waals surface area contributed by atoms with Crippen molar-refractivity contribution in [1.29, 1.82) is 0 Å². The molecular weight excluding hydrogens is 418 g/mol. The maximum Gasteiger partial charge on any atom is 0.274 e. The van der Waals surface area contributed by atoms with Crippen molar-refractivity contribution in [3.63, 3.8) is 0 Å². The lowest BCUT2D eigenvalue weighted by Gasteiger charge is -2.44. The van der Waals surface area contributed by atoms with Crippen LogP contribution >= 0.6 is 11.8 Å². The second-order valence-corrected chi connectivity index (χ2v) is 11.5. The predicted molar refractivity (Wildman–Crippen MR) is 132 cm³/mol. The predicted octanol–water partition coefficient (Wildman–Crippen LogP) is 3.34. The van der Waals surface area contributed by atoms with Crippen LogP contribution in [0.1, 0.15) is 80.0 Å². The van der Waals surface area contributed by atoms with Crippen molar-refractivity contribution in [3.8, 4) is 0 Å². The molecule has 6 nitrogen and oxygen atoms in total. The lowest BCUT2D eigenvalue weighted by atomic mass is 9.88. The summed E-state index contributed by atoms with van der Waals surface area (Å²) in [6, 6.07) is 0.461. The lowest BCUT2D eigenvalue weighted by Crippen LogP contribution is -2.56. The molecule has 2 aliphatic carbocycles. The molecule has 7 heteroatoms. The van der Waals surface area contributed by atoms with Crippen LogP contribution in [0.15, 0.2) is 0 Å². The fourth-order valence-electron chi connectivity index (χ4n) is 6.55. The van der Waals surface area contributed by atoms with Gasteiger partial charge in [0.15, 0.2) is 5.69 Å². The summed E-state index contributed by atoms with van der Waals surface area (Å²) in [4.78, 5) is 18.2. The molecule has 3 fully saturated rings. The van der Waals surface area contributed by atoms with Crippen LogP contribution in [0.5, 0.6) is 0 Å². The number of likely N-dealkylation sites (tertiary alicyclic amines) is 1. The summed E-state index contributed by atoms with van der Waals surface area (Å²) in [5, 5.41) is 8.84. The highest BCUT2D eigenvalue weighted by Crippen LogP contribution is 2.37. The SMILES string of the molecule is CCn1nc(C(=O)N2CCSCC2)c2c1CCC(NCC1(N3CCCCC3)CCCC1)C2. The Hall–Kier alpha value is -1.05. The van der Waals surface area contributed by atoms with Gasteiger partial charge in [-0.25, -0.2) is 0 Å². The van der Waals surface area contributed by atoms with Gasteiger partial charge in [0.1, 0.15) is 0 Å². The average Bonchev–Trinajstić information content (AvgIpc) is 3.49. The fraction of sp³-hybridized carbons (Fsp3) is 0.840. The van der Waals surface area contributed by atoms with E-state index in [1.54, 1.807) is 0 Å². The summed E-state index contributed by atoms with van der Waals surface area (Å²) in [7, 11) is 0. The van der Waals surface area contributed by atoms with Crippen LogP contribution in [0.25, 0.3) is 0 Å². The molecule has 2 aliphatic heterocycles. The lowest BCUT2D eigenvalue weighted by molar-refractivity contribution is 0.0667. The highest BCUT2D eigenvalue weighted by molar-refractivity contribution is 7.99. The fourth-order valence-corrected chi connectivity index (χ4v) is 7.46. The van der Waals surface area contributed by atoms with Gasteiger partial charge in [0.2, 0.25) is 0 Å². The van der Waals surface area contributed by atoms with Gasteiger partial charge in [-0.1, -0.05) is 19.3 Å². The molecule has 1 N–H and O–H groups in total. The van der Waals surface area contributed by atoms with E-state index in [0.29, 0.717) is 11.6 Å². The van der Waals surface area contributed by atoms with Gasteiger partial charge >= 0.3 is 0 Å². The summed E-state index contributed by atoms with van der Waals surface area (Å²) in [5.74, 6) is 2.26. The molecule has 0 radical (unpaired) electrons. The molecule has 0 bridgehead atoms. The minimum atomic E-state index is 0.162. The molecule has 4 aliphatic rings. The molecule has 0 spiro atoms. The topological polar surface area (TPSA) is 53.4 Å². The van der Waals surface area contributed by atoms with Crippen LogP contribution in [-0.2, 0) is 19.4 Å². The Morgan fingerprint density at radius 3 is 2.56 bits per heavy atom. The highest BCUT2D eigenvalue weighted by atomic mass is 32.2. The van der Waals surface area contributed by atoms with Crippen molar-refractivity contribution in [2.45, 2.75) is 89.3 Å². The number of carbonyl (C=O) groups excluding carboxylic acids is 1. The first-order valence-corrected chi connectivity index (χ1v) is 14.3. The van der Waals surface area contributed by atoms with Crippen molar-refractivity contribution < 1.29 is 4.79 Å². The first-order valence-electron chi connectivity index (χ1n) is 13.1. The highest BCUT2D eigenvalue weighted by Gasteiger charge is 2.40. The number of carbonyl (C=O) groups is 1.